The molecule has 1 aromatic rings. The second-order valence-electron chi connectivity index (χ2n) is 3.72. The van der Waals surface area contributed by atoms with Crippen molar-refractivity contribution in [3.8, 4) is 0 Å². The van der Waals surface area contributed by atoms with Crippen LogP contribution in [0.5, 0.6) is 0 Å². The fourth-order valence-corrected chi connectivity index (χ4v) is 1.60. The zero-order valence-electron chi connectivity index (χ0n) is 9.78. The third kappa shape index (κ3) is 3.70. The van der Waals surface area contributed by atoms with Crippen molar-refractivity contribution in [1.29, 1.82) is 0 Å². The molecule has 1 amide bonds. The maximum absolute atomic E-state index is 11.7. The van der Waals surface area contributed by atoms with Crippen molar-refractivity contribution in [2.45, 2.75) is 32.7 Å². The smallest absolute Gasteiger partial charge is 0.267 e. The van der Waals surface area contributed by atoms with Crippen LogP contribution in [0.3, 0.4) is 0 Å². The molecule has 90 valence electrons. The lowest BCUT2D eigenvalue weighted by atomic mass is 10.2. The van der Waals surface area contributed by atoms with E-state index in [2.05, 4.69) is 5.32 Å². The number of aliphatic hydroxyl groups excluding tert-OH is 1. The van der Waals surface area contributed by atoms with Gasteiger partial charge in [-0.05, 0) is 38.3 Å². The van der Waals surface area contributed by atoms with Crippen molar-refractivity contribution in [2.24, 2.45) is 0 Å². The van der Waals surface area contributed by atoms with Gasteiger partial charge in [-0.25, -0.2) is 0 Å². The monoisotopic (exact) mass is 224 g/mol. The summed E-state index contributed by atoms with van der Waals surface area (Å²) in [7, 11) is 0. The number of amides is 1. The second kappa shape index (κ2) is 7.06. The van der Waals surface area contributed by atoms with E-state index in [-0.39, 0.29) is 12.5 Å². The predicted octanol–water partition coefficient (Wildman–Crippen LogP) is 1.40. The van der Waals surface area contributed by atoms with Crippen LogP contribution in [0.25, 0.3) is 0 Å². The molecule has 0 unspecified atom stereocenters. The average molecular weight is 224 g/mol. The lowest BCUT2D eigenvalue weighted by Gasteiger charge is -2.07. The molecule has 4 heteroatoms. The molecule has 0 radical (unpaired) electrons. The Morgan fingerprint density at radius 3 is 2.94 bits per heavy atom. The summed E-state index contributed by atoms with van der Waals surface area (Å²) < 4.78 is 1.92. The molecule has 2 N–H and O–H groups in total. The van der Waals surface area contributed by atoms with Crippen LogP contribution in [0.4, 0.5) is 0 Å². The first-order valence-electron chi connectivity index (χ1n) is 5.83. The number of hydrogen-bond donors (Lipinski definition) is 2. The molecule has 0 fully saturated rings. The van der Waals surface area contributed by atoms with Crippen molar-refractivity contribution in [3.63, 3.8) is 0 Å². The number of carbonyl (C=O) groups is 1. The number of nitrogens with zero attached hydrogens (tertiary/aromatic N) is 1. The van der Waals surface area contributed by atoms with E-state index in [1.165, 1.54) is 0 Å². The molecule has 0 atom stereocenters. The van der Waals surface area contributed by atoms with Crippen LogP contribution in [-0.4, -0.2) is 28.7 Å². The highest BCUT2D eigenvalue weighted by Gasteiger charge is 2.08. The number of aromatic nitrogens is 1. The van der Waals surface area contributed by atoms with Gasteiger partial charge in [-0.15, -0.1) is 0 Å². The van der Waals surface area contributed by atoms with E-state index in [1.807, 2.05) is 29.8 Å². The summed E-state index contributed by atoms with van der Waals surface area (Å²) >= 11 is 0. The molecule has 1 heterocycles. The molecule has 1 aromatic heterocycles. The van der Waals surface area contributed by atoms with Crippen molar-refractivity contribution in [3.05, 3.63) is 24.0 Å². The number of nitrogens with one attached hydrogen (secondary N) is 1. The number of aryl methyl sites for hydroxylation is 1. The average Bonchev–Trinajstić information content (AvgIpc) is 2.76. The molecule has 1 rings (SSSR count). The van der Waals surface area contributed by atoms with Gasteiger partial charge in [0.25, 0.3) is 5.91 Å². The third-order valence-electron chi connectivity index (χ3n) is 2.52. The summed E-state index contributed by atoms with van der Waals surface area (Å²) in [4.78, 5) is 11.7. The first-order valence-corrected chi connectivity index (χ1v) is 5.83. The van der Waals surface area contributed by atoms with Crippen LogP contribution in [0.2, 0.25) is 0 Å². The van der Waals surface area contributed by atoms with Gasteiger partial charge in [0.2, 0.25) is 0 Å². The van der Waals surface area contributed by atoms with Crippen molar-refractivity contribution >= 4 is 5.91 Å². The van der Waals surface area contributed by atoms with E-state index < -0.39 is 0 Å². The van der Waals surface area contributed by atoms with Gasteiger partial charge < -0.3 is 15.0 Å². The maximum atomic E-state index is 11.7. The van der Waals surface area contributed by atoms with Crippen molar-refractivity contribution in [2.75, 3.05) is 13.2 Å². The van der Waals surface area contributed by atoms with E-state index in [1.54, 1.807) is 0 Å². The van der Waals surface area contributed by atoms with Gasteiger partial charge in [0, 0.05) is 25.9 Å². The zero-order chi connectivity index (χ0) is 11.8. The van der Waals surface area contributed by atoms with E-state index in [4.69, 9.17) is 5.11 Å². The highest BCUT2D eigenvalue weighted by molar-refractivity contribution is 5.92. The first kappa shape index (κ1) is 12.8. The van der Waals surface area contributed by atoms with E-state index in [9.17, 15) is 4.79 Å². The third-order valence-corrected chi connectivity index (χ3v) is 2.52. The van der Waals surface area contributed by atoms with Crippen LogP contribution >= 0.6 is 0 Å². The number of aliphatic hydroxyl groups is 1. The van der Waals surface area contributed by atoms with Gasteiger partial charge in [0.05, 0.1) is 0 Å². The van der Waals surface area contributed by atoms with E-state index in [0.29, 0.717) is 12.2 Å². The van der Waals surface area contributed by atoms with Gasteiger partial charge in [-0.1, -0.05) is 0 Å². The molecule has 0 aromatic carbocycles. The highest BCUT2D eigenvalue weighted by atomic mass is 16.2. The number of unbranched alkanes of at least 4 members (excludes halogenated alkanes) is 2. The van der Waals surface area contributed by atoms with Gasteiger partial charge in [-0.3, -0.25) is 4.79 Å². The van der Waals surface area contributed by atoms with Gasteiger partial charge in [-0.2, -0.15) is 0 Å². The lowest BCUT2D eigenvalue weighted by Crippen LogP contribution is -2.26. The summed E-state index contributed by atoms with van der Waals surface area (Å²) in [6.07, 6.45) is 4.58. The van der Waals surface area contributed by atoms with Crippen LogP contribution in [0.15, 0.2) is 18.3 Å². The Balaban J connectivity index is 2.30. The summed E-state index contributed by atoms with van der Waals surface area (Å²) in [6, 6.07) is 3.71. The number of rotatable bonds is 7. The predicted molar refractivity (Wildman–Crippen MR) is 63.4 cm³/mol. The Labute approximate surface area is 96.3 Å². The fraction of sp³-hybridized carbons (Fsp3) is 0.583. The first-order chi connectivity index (χ1) is 7.79. The number of hydrogen-bond acceptors (Lipinski definition) is 2. The summed E-state index contributed by atoms with van der Waals surface area (Å²) in [5, 5.41) is 11.5. The lowest BCUT2D eigenvalue weighted by molar-refractivity contribution is 0.0943. The minimum Gasteiger partial charge on any atom is -0.396 e. The quantitative estimate of drug-likeness (QED) is 0.688. The molecule has 0 aliphatic carbocycles. The van der Waals surface area contributed by atoms with Crippen LogP contribution in [-0.2, 0) is 6.54 Å². The molecule has 0 spiro atoms. The van der Waals surface area contributed by atoms with E-state index >= 15 is 0 Å². The Bertz CT molecular complexity index is 321. The van der Waals surface area contributed by atoms with Gasteiger partial charge in [0.1, 0.15) is 5.69 Å². The SMILES string of the molecule is CCn1cccc1C(=O)NCCCCCO. The highest BCUT2D eigenvalue weighted by Crippen LogP contribution is 2.02. The topological polar surface area (TPSA) is 54.3 Å². The van der Waals surface area contributed by atoms with Gasteiger partial charge >= 0.3 is 0 Å². The zero-order valence-corrected chi connectivity index (χ0v) is 9.78. The number of carbonyl (C=O) groups excluding carboxylic acids is 1. The summed E-state index contributed by atoms with van der Waals surface area (Å²) in [5.41, 5.74) is 0.713. The van der Waals surface area contributed by atoms with Crippen molar-refractivity contribution < 1.29 is 9.90 Å². The minimum absolute atomic E-state index is 0.0177. The maximum Gasteiger partial charge on any atom is 0.267 e. The van der Waals surface area contributed by atoms with Crippen molar-refractivity contribution in [1.82, 2.24) is 9.88 Å². The molecule has 0 saturated carbocycles. The Hall–Kier alpha value is -1.29. The minimum atomic E-state index is -0.0177. The van der Waals surface area contributed by atoms with E-state index in [0.717, 1.165) is 25.8 Å². The second-order valence-corrected chi connectivity index (χ2v) is 3.72. The molecular formula is C12H20N2O2. The Morgan fingerprint density at radius 2 is 2.25 bits per heavy atom. The summed E-state index contributed by atoms with van der Waals surface area (Å²) in [5.74, 6) is -0.0177. The molecule has 0 saturated heterocycles. The molecule has 16 heavy (non-hydrogen) atoms. The largest absolute Gasteiger partial charge is 0.396 e. The molecule has 0 bridgehead atoms. The normalized spacial score (nSPS) is 10.4. The molecular weight excluding hydrogens is 204 g/mol. The summed E-state index contributed by atoms with van der Waals surface area (Å²) in [6.45, 7) is 3.72. The fourth-order valence-electron chi connectivity index (χ4n) is 1.60. The van der Waals surface area contributed by atoms with Gasteiger partial charge in [0.15, 0.2) is 0 Å². The Morgan fingerprint density at radius 1 is 1.44 bits per heavy atom. The molecule has 0 aliphatic rings. The Kier molecular flexibility index (Phi) is 5.64. The standard InChI is InChI=1S/C12H20N2O2/c1-2-14-9-6-7-11(14)12(16)13-8-4-3-5-10-15/h6-7,9,15H,2-5,8,10H2,1H3,(H,13,16). The van der Waals surface area contributed by atoms with Crippen LogP contribution in [0, 0.1) is 0 Å². The molecule has 0 aliphatic heterocycles. The van der Waals surface area contributed by atoms with Crippen LogP contribution < -0.4 is 5.32 Å². The molecule has 4 nitrogen and oxygen atoms in total. The van der Waals surface area contributed by atoms with Crippen LogP contribution in [0.1, 0.15) is 36.7 Å².